The van der Waals surface area contributed by atoms with Gasteiger partial charge in [-0.3, -0.25) is 14.9 Å². The monoisotopic (exact) mass is 397 g/mol. The number of hydrogen-bond donors (Lipinski definition) is 1. The smallest absolute Gasteiger partial charge is 0.341 e. The molecule has 1 aliphatic heterocycles. The van der Waals surface area contributed by atoms with Gasteiger partial charge in [0, 0.05) is 25.2 Å². The average molecular weight is 397 g/mol. The zero-order valence-electron chi connectivity index (χ0n) is 16.2. The molecule has 1 fully saturated rings. The molecule has 2 aromatic rings. The van der Waals surface area contributed by atoms with Crippen LogP contribution in [0.5, 0.6) is 0 Å². The molecule has 8 heteroatoms. The molecule has 0 aromatic heterocycles. The van der Waals surface area contributed by atoms with Crippen LogP contribution in [0.3, 0.4) is 0 Å². The highest BCUT2D eigenvalue weighted by Crippen LogP contribution is 2.29. The minimum atomic E-state index is -0.752. The molecule has 3 rings (SSSR count). The van der Waals surface area contributed by atoms with Gasteiger partial charge in [-0.2, -0.15) is 0 Å². The summed E-state index contributed by atoms with van der Waals surface area (Å²) in [5.74, 6) is -1.19. The van der Waals surface area contributed by atoms with Crippen molar-refractivity contribution in [3.8, 4) is 0 Å². The van der Waals surface area contributed by atoms with Gasteiger partial charge in [0.2, 0.25) is 0 Å². The molecule has 152 valence electrons. The Morgan fingerprint density at radius 3 is 2.52 bits per heavy atom. The predicted molar refractivity (Wildman–Crippen MR) is 108 cm³/mol. The van der Waals surface area contributed by atoms with Gasteiger partial charge in [-0.1, -0.05) is 30.3 Å². The van der Waals surface area contributed by atoms with Crippen LogP contribution < -0.4 is 10.2 Å². The van der Waals surface area contributed by atoms with Crippen LogP contribution in [0.1, 0.15) is 41.7 Å². The second kappa shape index (κ2) is 9.18. The average Bonchev–Trinajstić information content (AvgIpc) is 3.26. The fraction of sp³-hybridized carbons (Fsp3) is 0.333. The predicted octanol–water partition coefficient (Wildman–Crippen LogP) is 3.23. The molecule has 1 atom stereocenters. The lowest BCUT2D eigenvalue weighted by atomic mass is 10.1. The first-order valence-electron chi connectivity index (χ1n) is 9.50. The van der Waals surface area contributed by atoms with Crippen molar-refractivity contribution in [3.63, 3.8) is 0 Å². The van der Waals surface area contributed by atoms with Crippen LogP contribution in [0.4, 0.5) is 11.4 Å². The Kier molecular flexibility index (Phi) is 6.43. The first-order chi connectivity index (χ1) is 14.0. The van der Waals surface area contributed by atoms with Gasteiger partial charge in [0.25, 0.3) is 11.6 Å². The van der Waals surface area contributed by atoms with Crippen molar-refractivity contribution in [2.24, 2.45) is 0 Å². The minimum absolute atomic E-state index is 0.102. The Morgan fingerprint density at radius 2 is 1.86 bits per heavy atom. The molecule has 29 heavy (non-hydrogen) atoms. The summed E-state index contributed by atoms with van der Waals surface area (Å²) in [5, 5.41) is 13.9. The van der Waals surface area contributed by atoms with Gasteiger partial charge < -0.3 is 15.0 Å². The number of nitrogens with one attached hydrogen (secondary N) is 1. The van der Waals surface area contributed by atoms with Crippen LogP contribution in [0, 0.1) is 10.1 Å². The van der Waals surface area contributed by atoms with Crippen LogP contribution in [-0.4, -0.2) is 36.5 Å². The number of benzene rings is 2. The van der Waals surface area contributed by atoms with Crippen LogP contribution in [0.15, 0.2) is 48.5 Å². The van der Waals surface area contributed by atoms with Crippen molar-refractivity contribution in [1.82, 2.24) is 5.32 Å². The largest absolute Gasteiger partial charge is 0.452 e. The number of non-ortho nitro benzene ring substituents is 1. The minimum Gasteiger partial charge on any atom is -0.452 e. The fourth-order valence-electron chi connectivity index (χ4n) is 3.35. The molecule has 0 radical (unpaired) electrons. The van der Waals surface area contributed by atoms with Crippen molar-refractivity contribution in [1.29, 1.82) is 0 Å². The van der Waals surface area contributed by atoms with Crippen LogP contribution in [0.2, 0.25) is 0 Å². The molecule has 1 amide bonds. The number of anilines is 1. The quantitative estimate of drug-likeness (QED) is 0.437. The molecule has 0 saturated carbocycles. The van der Waals surface area contributed by atoms with E-state index in [0.717, 1.165) is 31.5 Å². The first kappa shape index (κ1) is 20.3. The van der Waals surface area contributed by atoms with E-state index >= 15 is 0 Å². The normalized spacial score (nSPS) is 14.3. The van der Waals surface area contributed by atoms with Gasteiger partial charge in [0.15, 0.2) is 6.61 Å². The molecular formula is C21H23N3O5. The second-order valence-corrected chi connectivity index (χ2v) is 6.93. The summed E-state index contributed by atoms with van der Waals surface area (Å²) in [4.78, 5) is 37.3. The molecular weight excluding hydrogens is 374 g/mol. The lowest BCUT2D eigenvalue weighted by Crippen LogP contribution is -2.31. The van der Waals surface area contributed by atoms with Crippen molar-refractivity contribution in [3.05, 3.63) is 69.8 Å². The number of nitro groups is 1. The van der Waals surface area contributed by atoms with E-state index in [9.17, 15) is 19.7 Å². The molecule has 1 heterocycles. The summed E-state index contributed by atoms with van der Waals surface area (Å²) in [6.07, 6.45) is 1.98. The molecule has 0 aliphatic carbocycles. The number of amides is 1. The van der Waals surface area contributed by atoms with E-state index in [-0.39, 0.29) is 17.3 Å². The van der Waals surface area contributed by atoms with Crippen molar-refractivity contribution in [2.75, 3.05) is 24.6 Å². The number of nitrogens with zero attached hydrogens (tertiary/aromatic N) is 2. The van der Waals surface area contributed by atoms with Crippen molar-refractivity contribution in [2.45, 2.75) is 25.8 Å². The van der Waals surface area contributed by atoms with Gasteiger partial charge >= 0.3 is 5.97 Å². The van der Waals surface area contributed by atoms with E-state index in [4.69, 9.17) is 4.74 Å². The maximum Gasteiger partial charge on any atom is 0.341 e. The van der Waals surface area contributed by atoms with E-state index in [1.807, 2.05) is 42.2 Å². The van der Waals surface area contributed by atoms with Crippen molar-refractivity contribution >= 4 is 23.3 Å². The van der Waals surface area contributed by atoms with Crippen LogP contribution >= 0.6 is 0 Å². The van der Waals surface area contributed by atoms with Crippen LogP contribution in [-0.2, 0) is 9.53 Å². The zero-order chi connectivity index (χ0) is 20.8. The Hall–Kier alpha value is -3.42. The Bertz CT molecular complexity index is 894. The highest BCUT2D eigenvalue weighted by molar-refractivity contribution is 5.97. The molecule has 0 spiro atoms. The molecule has 8 nitrogen and oxygen atoms in total. The zero-order valence-corrected chi connectivity index (χ0v) is 16.2. The number of ether oxygens (including phenoxy) is 1. The highest BCUT2D eigenvalue weighted by atomic mass is 16.6. The Labute approximate surface area is 168 Å². The van der Waals surface area contributed by atoms with E-state index < -0.39 is 23.4 Å². The standard InChI is InChI=1S/C21H23N3O5/c1-15(16-7-3-2-4-8-16)22-20(25)14-29-21(26)18-13-17(24(27)28)9-10-19(18)23-11-5-6-12-23/h2-4,7-10,13,15H,5-6,11-12,14H2,1H3,(H,22,25)/t15-/m0/s1. The number of hydrogen-bond acceptors (Lipinski definition) is 6. The molecule has 1 saturated heterocycles. The Morgan fingerprint density at radius 1 is 1.17 bits per heavy atom. The molecule has 1 aliphatic rings. The van der Waals surface area contributed by atoms with Gasteiger partial charge in [-0.15, -0.1) is 0 Å². The number of esters is 1. The maximum absolute atomic E-state index is 12.6. The third kappa shape index (κ3) is 5.10. The SMILES string of the molecule is C[C@H](NC(=O)COC(=O)c1cc([N+](=O)[O-])ccc1N1CCCC1)c1ccccc1. The Balaban J connectivity index is 1.67. The second-order valence-electron chi connectivity index (χ2n) is 6.93. The number of carbonyl (C=O) groups is 2. The number of rotatable bonds is 7. The van der Waals surface area contributed by atoms with E-state index in [0.29, 0.717) is 5.69 Å². The topological polar surface area (TPSA) is 102 Å². The third-order valence-electron chi connectivity index (χ3n) is 4.87. The molecule has 1 N–H and O–H groups in total. The summed E-state index contributed by atoms with van der Waals surface area (Å²) in [6.45, 7) is 2.92. The van der Waals surface area contributed by atoms with E-state index in [1.165, 1.54) is 12.1 Å². The third-order valence-corrected chi connectivity index (χ3v) is 4.87. The number of nitro benzene ring substituents is 1. The molecule has 0 unspecified atom stereocenters. The van der Waals surface area contributed by atoms with Gasteiger partial charge in [-0.05, 0) is 31.4 Å². The summed E-state index contributed by atoms with van der Waals surface area (Å²) < 4.78 is 5.16. The molecule has 0 bridgehead atoms. The lowest BCUT2D eigenvalue weighted by Gasteiger charge is -2.20. The summed E-state index contributed by atoms with van der Waals surface area (Å²) >= 11 is 0. The van der Waals surface area contributed by atoms with Gasteiger partial charge in [-0.25, -0.2) is 4.79 Å². The van der Waals surface area contributed by atoms with Gasteiger partial charge in [0.05, 0.1) is 22.2 Å². The summed E-state index contributed by atoms with van der Waals surface area (Å²) in [6, 6.07) is 13.3. The van der Waals surface area contributed by atoms with E-state index in [2.05, 4.69) is 5.32 Å². The molecule has 2 aromatic carbocycles. The van der Waals surface area contributed by atoms with Crippen LogP contribution in [0.25, 0.3) is 0 Å². The van der Waals surface area contributed by atoms with Crippen molar-refractivity contribution < 1.29 is 19.2 Å². The highest BCUT2D eigenvalue weighted by Gasteiger charge is 2.24. The lowest BCUT2D eigenvalue weighted by molar-refractivity contribution is -0.384. The number of carbonyl (C=O) groups excluding carboxylic acids is 2. The van der Waals surface area contributed by atoms with E-state index in [1.54, 1.807) is 6.07 Å². The fourth-order valence-corrected chi connectivity index (χ4v) is 3.35. The maximum atomic E-state index is 12.6. The summed E-state index contributed by atoms with van der Waals surface area (Å²) in [7, 11) is 0. The van der Waals surface area contributed by atoms with Gasteiger partial charge in [0.1, 0.15) is 0 Å². The summed E-state index contributed by atoms with van der Waals surface area (Å²) in [5.41, 5.74) is 1.44. The first-order valence-corrected chi connectivity index (χ1v) is 9.50.